The zero-order valence-electron chi connectivity index (χ0n) is 13.1. The summed E-state index contributed by atoms with van der Waals surface area (Å²) >= 11 is 0. The molecule has 3 rings (SSSR count). The minimum absolute atomic E-state index is 0.0889. The maximum absolute atomic E-state index is 13.5. The number of hydrogen-bond acceptors (Lipinski definition) is 2. The highest BCUT2D eigenvalue weighted by molar-refractivity contribution is 6.48. The summed E-state index contributed by atoms with van der Waals surface area (Å²) < 4.78 is 55.8. The van der Waals surface area contributed by atoms with E-state index in [2.05, 4.69) is 11.5 Å². The lowest BCUT2D eigenvalue weighted by Crippen LogP contribution is -2.16. The quantitative estimate of drug-likeness (QED) is 0.301. The first-order valence-corrected chi connectivity index (χ1v) is 8.38. The summed E-state index contributed by atoms with van der Waals surface area (Å²) in [6, 6.07) is 10.9. The van der Waals surface area contributed by atoms with Crippen LogP contribution in [0.15, 0.2) is 42.5 Å². The summed E-state index contributed by atoms with van der Waals surface area (Å²) in [6.07, 6.45) is 1.33. The number of fused-ring (bicyclic) bond motifs is 2. The van der Waals surface area contributed by atoms with E-state index < -0.39 is 21.1 Å². The van der Waals surface area contributed by atoms with E-state index in [0.717, 1.165) is 0 Å². The first kappa shape index (κ1) is 17.8. The number of benzene rings is 2. The van der Waals surface area contributed by atoms with Crippen LogP contribution in [0, 0.1) is 28.6 Å². The van der Waals surface area contributed by atoms with Crippen molar-refractivity contribution in [2.45, 2.75) is 12.4 Å². The van der Waals surface area contributed by atoms with E-state index in [1.807, 2.05) is 6.07 Å². The van der Waals surface area contributed by atoms with Gasteiger partial charge in [0.25, 0.3) is 9.52 Å². The summed E-state index contributed by atoms with van der Waals surface area (Å²) in [7, 11) is -1.45. The van der Waals surface area contributed by atoms with Gasteiger partial charge in [-0.2, -0.15) is 18.4 Å². The van der Waals surface area contributed by atoms with E-state index in [4.69, 9.17) is 10.00 Å². The molecular weight excluding hydrogens is 362 g/mol. The molecule has 0 amide bonds. The van der Waals surface area contributed by atoms with Crippen LogP contribution < -0.4 is 4.74 Å². The maximum atomic E-state index is 13.5. The fraction of sp³-hybridized carbons (Fsp3) is 0.105. The third-order valence-electron chi connectivity index (χ3n) is 3.63. The van der Waals surface area contributed by atoms with Crippen LogP contribution in [0.3, 0.4) is 0 Å². The fourth-order valence-corrected chi connectivity index (χ4v) is 2.94. The normalized spacial score (nSPS) is 14.2. The van der Waals surface area contributed by atoms with Crippen LogP contribution >= 0.6 is 0 Å². The predicted octanol–water partition coefficient (Wildman–Crippen LogP) is 4.21. The number of ether oxygens (including phenoxy) is 1. The first-order valence-electron chi connectivity index (χ1n) is 7.38. The number of allylic oxidation sites excluding steroid dienone is 1. The van der Waals surface area contributed by atoms with Gasteiger partial charge < -0.3 is 4.74 Å². The smallest absolute Gasteiger partial charge is 0.372 e. The highest BCUT2D eigenvalue weighted by Crippen LogP contribution is 2.37. The van der Waals surface area contributed by atoms with E-state index in [1.165, 1.54) is 24.3 Å². The molecule has 0 aliphatic carbocycles. The van der Waals surface area contributed by atoms with Crippen LogP contribution in [-0.4, -0.2) is 15.3 Å². The largest absolute Gasteiger partial charge is 0.488 e. The molecule has 2 nitrogen and oxygen atoms in total. The van der Waals surface area contributed by atoms with Gasteiger partial charge in [0.2, 0.25) is 0 Å². The Morgan fingerprint density at radius 1 is 1.12 bits per heavy atom. The third-order valence-corrected chi connectivity index (χ3v) is 4.17. The molecular formula is C19H9F4NOSi. The van der Waals surface area contributed by atoms with Crippen LogP contribution in [-0.2, 0) is 6.61 Å². The molecule has 1 aliphatic rings. The zero-order valence-corrected chi connectivity index (χ0v) is 14.1. The predicted molar refractivity (Wildman–Crippen MR) is 88.6 cm³/mol. The van der Waals surface area contributed by atoms with Crippen molar-refractivity contribution in [3.05, 3.63) is 70.5 Å². The molecule has 0 spiro atoms. The molecule has 7 heteroatoms. The van der Waals surface area contributed by atoms with Gasteiger partial charge in [0, 0.05) is 28.8 Å². The van der Waals surface area contributed by atoms with Crippen LogP contribution in [0.2, 0.25) is 0 Å². The first-order chi connectivity index (χ1) is 12.4. The van der Waals surface area contributed by atoms with E-state index in [9.17, 15) is 17.6 Å². The maximum Gasteiger partial charge on any atom is 0.372 e. The van der Waals surface area contributed by atoms with Crippen molar-refractivity contribution in [1.82, 2.24) is 0 Å². The molecule has 0 aromatic heterocycles. The Kier molecular flexibility index (Phi) is 4.83. The molecule has 128 valence electrons. The molecule has 26 heavy (non-hydrogen) atoms. The Bertz CT molecular complexity index is 993. The van der Waals surface area contributed by atoms with Gasteiger partial charge in [0.1, 0.15) is 18.2 Å². The summed E-state index contributed by atoms with van der Waals surface area (Å²) in [4.78, 5) is 0. The monoisotopic (exact) mass is 371 g/mol. The highest BCUT2D eigenvalue weighted by atomic mass is 28.2. The topological polar surface area (TPSA) is 33.0 Å². The van der Waals surface area contributed by atoms with Crippen LogP contribution in [0.4, 0.5) is 17.6 Å². The van der Waals surface area contributed by atoms with Gasteiger partial charge in [-0.05, 0) is 35.4 Å². The summed E-state index contributed by atoms with van der Waals surface area (Å²) in [6.45, 7) is 0.0889. The van der Waals surface area contributed by atoms with Crippen LogP contribution in [0.25, 0.3) is 5.57 Å². The Morgan fingerprint density at radius 2 is 1.88 bits per heavy atom. The van der Waals surface area contributed by atoms with Crippen molar-refractivity contribution >= 4 is 15.1 Å². The summed E-state index contributed by atoms with van der Waals surface area (Å²) in [5, 5.41) is 9.09. The molecule has 0 atom stereocenters. The number of nitriles is 1. The summed E-state index contributed by atoms with van der Waals surface area (Å²) in [5.41, 5.74) is 5.02. The molecule has 0 fully saturated rings. The third kappa shape index (κ3) is 3.96. The highest BCUT2D eigenvalue weighted by Gasteiger charge is 2.27. The Labute approximate surface area is 149 Å². The lowest BCUT2D eigenvalue weighted by molar-refractivity contribution is -0.0454. The van der Waals surface area contributed by atoms with Gasteiger partial charge in [-0.15, -0.1) is 5.54 Å². The SMILES string of the molecule is N#C/C=C1\c2ccc(C#C[Si]C(F)(F)F)cc2COc2cc(F)ccc21. The molecule has 0 unspecified atom stereocenters. The van der Waals surface area contributed by atoms with Crippen molar-refractivity contribution in [2.24, 2.45) is 0 Å². The van der Waals surface area contributed by atoms with Crippen molar-refractivity contribution in [3.8, 4) is 23.3 Å². The second-order valence-corrected chi connectivity index (χ2v) is 6.43. The van der Waals surface area contributed by atoms with E-state index >= 15 is 0 Å². The molecule has 2 radical (unpaired) electrons. The molecule has 0 saturated heterocycles. The Morgan fingerprint density at radius 3 is 2.62 bits per heavy atom. The van der Waals surface area contributed by atoms with Gasteiger partial charge in [-0.3, -0.25) is 0 Å². The molecule has 0 N–H and O–H groups in total. The standard InChI is InChI=1S/C19H9F4NOSi/c20-14-2-4-17-16(5-7-24)15-3-1-12(6-8-26-19(21,22)23)9-13(15)11-25-18(17)10-14/h1-5,9-10H,11H2/b16-5+. The molecule has 1 aliphatic heterocycles. The van der Waals surface area contributed by atoms with Crippen molar-refractivity contribution in [3.63, 3.8) is 0 Å². The van der Waals surface area contributed by atoms with Gasteiger partial charge in [-0.25, -0.2) is 4.39 Å². The number of hydrogen-bond donors (Lipinski definition) is 0. The average molecular weight is 371 g/mol. The van der Waals surface area contributed by atoms with Gasteiger partial charge in [-0.1, -0.05) is 12.0 Å². The second-order valence-electron chi connectivity index (χ2n) is 5.36. The second kappa shape index (κ2) is 7.07. The molecule has 0 bridgehead atoms. The average Bonchev–Trinajstić information content (AvgIpc) is 2.71. The lowest BCUT2D eigenvalue weighted by Gasteiger charge is -2.09. The van der Waals surface area contributed by atoms with E-state index in [-0.39, 0.29) is 6.61 Å². The number of rotatable bonds is 0. The Balaban J connectivity index is 2.03. The lowest BCUT2D eigenvalue weighted by atomic mass is 9.93. The minimum atomic E-state index is -4.31. The minimum Gasteiger partial charge on any atom is -0.488 e. The van der Waals surface area contributed by atoms with Crippen LogP contribution in [0.1, 0.15) is 22.3 Å². The Hall–Kier alpha value is -3.03. The van der Waals surface area contributed by atoms with Gasteiger partial charge in [0.15, 0.2) is 0 Å². The molecule has 1 heterocycles. The fourth-order valence-electron chi connectivity index (χ4n) is 2.59. The molecule has 2 aromatic carbocycles. The number of halogens is 4. The number of nitrogens with zero attached hydrogens (tertiary/aromatic N) is 1. The van der Waals surface area contributed by atoms with E-state index in [0.29, 0.717) is 33.6 Å². The van der Waals surface area contributed by atoms with Gasteiger partial charge >= 0.3 is 5.80 Å². The molecule has 0 saturated carbocycles. The number of alkyl halides is 3. The van der Waals surface area contributed by atoms with Crippen molar-refractivity contribution < 1.29 is 22.3 Å². The van der Waals surface area contributed by atoms with Crippen LogP contribution in [0.5, 0.6) is 5.75 Å². The van der Waals surface area contributed by atoms with E-state index in [1.54, 1.807) is 18.2 Å². The van der Waals surface area contributed by atoms with Crippen molar-refractivity contribution in [1.29, 1.82) is 5.26 Å². The van der Waals surface area contributed by atoms with Gasteiger partial charge in [0.05, 0.1) is 6.07 Å². The molecule has 2 aromatic rings. The summed E-state index contributed by atoms with van der Waals surface area (Å²) in [5.74, 6) is -1.99. The van der Waals surface area contributed by atoms with Crippen molar-refractivity contribution in [2.75, 3.05) is 0 Å². The zero-order chi connectivity index (χ0) is 18.7.